The van der Waals surface area contributed by atoms with Gasteiger partial charge in [0.2, 0.25) is 0 Å². The summed E-state index contributed by atoms with van der Waals surface area (Å²) in [6.45, 7) is 8.10. The van der Waals surface area contributed by atoms with Crippen LogP contribution in [0.4, 0.5) is 0 Å². The molecular formula is C56H42N8. The Labute approximate surface area is 372 Å². The quantitative estimate of drug-likeness (QED) is 0.142. The maximum absolute atomic E-state index is 5.15. The first-order chi connectivity index (χ1) is 31.3. The van der Waals surface area contributed by atoms with Gasteiger partial charge in [0, 0.05) is 44.6 Å². The third-order valence-corrected chi connectivity index (χ3v) is 11.3. The van der Waals surface area contributed by atoms with Crippen LogP contribution in [0.25, 0.3) is 102 Å². The van der Waals surface area contributed by atoms with Crippen molar-refractivity contribution in [2.75, 3.05) is 0 Å². The van der Waals surface area contributed by atoms with Crippen molar-refractivity contribution in [1.82, 2.24) is 39.9 Å². The predicted octanol–water partition coefficient (Wildman–Crippen LogP) is 13.1. The van der Waals surface area contributed by atoms with E-state index >= 15 is 0 Å². The van der Waals surface area contributed by atoms with E-state index in [1.807, 2.05) is 111 Å². The normalized spacial score (nSPS) is 11.1. The van der Waals surface area contributed by atoms with Gasteiger partial charge < -0.3 is 0 Å². The summed E-state index contributed by atoms with van der Waals surface area (Å²) in [6, 6.07) is 61.9. The summed E-state index contributed by atoms with van der Waals surface area (Å²) in [5.74, 6) is 4.33. The first-order valence-corrected chi connectivity index (χ1v) is 21.3. The minimum Gasteiger partial charge on any atom is -0.239 e. The van der Waals surface area contributed by atoms with E-state index in [0.717, 1.165) is 89.5 Å². The molecule has 10 rings (SSSR count). The van der Waals surface area contributed by atoms with Crippen molar-refractivity contribution in [3.63, 3.8) is 0 Å². The molecule has 3 aromatic heterocycles. The Morgan fingerprint density at radius 3 is 1.27 bits per heavy atom. The average Bonchev–Trinajstić information content (AvgIpc) is 3.34. The van der Waals surface area contributed by atoms with Crippen LogP contribution in [-0.4, -0.2) is 39.9 Å². The molecule has 0 spiro atoms. The van der Waals surface area contributed by atoms with Crippen molar-refractivity contribution in [1.29, 1.82) is 0 Å². The molecule has 0 aliphatic rings. The Morgan fingerprint density at radius 1 is 0.250 bits per heavy atom. The summed E-state index contributed by atoms with van der Waals surface area (Å²) < 4.78 is 0. The zero-order valence-corrected chi connectivity index (χ0v) is 35.9. The molecule has 0 radical (unpaired) electrons. The minimum absolute atomic E-state index is 0.576. The molecule has 3 heterocycles. The Kier molecular flexibility index (Phi) is 10.7. The number of rotatable bonds is 9. The molecule has 10 aromatic rings. The van der Waals surface area contributed by atoms with Crippen molar-refractivity contribution in [3.8, 4) is 102 Å². The molecule has 0 fully saturated rings. The Hall–Kier alpha value is -8.36. The lowest BCUT2D eigenvalue weighted by Crippen LogP contribution is -2.02. The number of aromatic nitrogens is 8. The highest BCUT2D eigenvalue weighted by molar-refractivity contribution is 5.93. The fraction of sp³-hybridized carbons (Fsp3) is 0.0714. The summed E-state index contributed by atoms with van der Waals surface area (Å²) in [4.78, 5) is 40.1. The Morgan fingerprint density at radius 2 is 0.688 bits per heavy atom. The van der Waals surface area contributed by atoms with Crippen LogP contribution in [0.5, 0.6) is 0 Å². The first-order valence-electron chi connectivity index (χ1n) is 21.3. The van der Waals surface area contributed by atoms with Crippen molar-refractivity contribution in [2.24, 2.45) is 0 Å². The third-order valence-electron chi connectivity index (χ3n) is 11.3. The van der Waals surface area contributed by atoms with Crippen LogP contribution in [0, 0.1) is 27.7 Å². The van der Waals surface area contributed by atoms with Crippen LogP contribution in [0.2, 0.25) is 0 Å². The van der Waals surface area contributed by atoms with Crippen molar-refractivity contribution >= 4 is 0 Å². The van der Waals surface area contributed by atoms with Gasteiger partial charge in [-0.2, -0.15) is 0 Å². The van der Waals surface area contributed by atoms with Crippen LogP contribution >= 0.6 is 0 Å². The molecule has 0 aliphatic heterocycles. The van der Waals surface area contributed by atoms with E-state index in [2.05, 4.69) is 104 Å². The smallest absolute Gasteiger partial charge is 0.164 e. The van der Waals surface area contributed by atoms with Crippen LogP contribution in [0.1, 0.15) is 22.6 Å². The van der Waals surface area contributed by atoms with Gasteiger partial charge in [0.25, 0.3) is 0 Å². The van der Waals surface area contributed by atoms with Gasteiger partial charge in [-0.3, -0.25) is 0 Å². The monoisotopic (exact) mass is 826 g/mol. The summed E-state index contributed by atoms with van der Waals surface area (Å²) >= 11 is 0. The Bertz CT molecular complexity index is 3190. The maximum Gasteiger partial charge on any atom is 0.164 e. The second-order valence-electron chi connectivity index (χ2n) is 15.8. The number of benzene rings is 7. The number of hydrogen-bond acceptors (Lipinski definition) is 8. The van der Waals surface area contributed by atoms with E-state index in [0.29, 0.717) is 34.9 Å². The van der Waals surface area contributed by atoms with Crippen LogP contribution < -0.4 is 0 Å². The minimum atomic E-state index is 0.576. The van der Waals surface area contributed by atoms with Gasteiger partial charge in [-0.25, -0.2) is 39.9 Å². The van der Waals surface area contributed by atoms with E-state index in [1.165, 1.54) is 0 Å². The standard InChI is InChI=1S/C56H42N8/c1-35-18-11-13-26-44(35)54-62-53(63-55(64-54)45-27-14-12-19-36(45)2)43-25-17-24-41(33-43)49-34-42(50-32-37(3)57-38(4)58-50)30-31-47(49)46-28-15-16-29-48(46)56-60-51(39-20-7-5-8-21-39)59-52(61-56)40-22-9-6-10-23-40/h5-34H,1-4H3. The predicted molar refractivity (Wildman–Crippen MR) is 257 cm³/mol. The molecule has 0 aliphatic carbocycles. The van der Waals surface area contributed by atoms with Gasteiger partial charge in [0.05, 0.1) is 5.69 Å². The van der Waals surface area contributed by atoms with Crippen molar-refractivity contribution in [3.05, 3.63) is 205 Å². The molecule has 8 nitrogen and oxygen atoms in total. The number of nitrogens with zero attached hydrogens (tertiary/aromatic N) is 8. The topological polar surface area (TPSA) is 103 Å². The van der Waals surface area contributed by atoms with E-state index in [-0.39, 0.29) is 0 Å². The lowest BCUT2D eigenvalue weighted by molar-refractivity contribution is 1.02. The summed E-state index contributed by atoms with van der Waals surface area (Å²) in [5.41, 5.74) is 14.3. The fourth-order valence-electron chi connectivity index (χ4n) is 8.10. The Balaban J connectivity index is 1.18. The van der Waals surface area contributed by atoms with Gasteiger partial charge in [0.1, 0.15) is 5.82 Å². The SMILES string of the molecule is Cc1cc(-c2ccc(-c3ccccc3-c3nc(-c4ccccc4)nc(-c4ccccc4)n3)c(-c3cccc(-c4nc(-c5ccccc5C)nc(-c5ccccc5C)n4)c3)c2)nc(C)n1. The van der Waals surface area contributed by atoms with Gasteiger partial charge in [-0.05, 0) is 79.3 Å². The maximum atomic E-state index is 5.15. The molecule has 0 N–H and O–H groups in total. The lowest BCUT2D eigenvalue weighted by atomic mass is 9.89. The molecule has 0 saturated heterocycles. The zero-order chi connectivity index (χ0) is 43.6. The molecule has 0 unspecified atom stereocenters. The van der Waals surface area contributed by atoms with Gasteiger partial charge in [-0.1, -0.05) is 164 Å². The highest BCUT2D eigenvalue weighted by Gasteiger charge is 2.20. The second-order valence-corrected chi connectivity index (χ2v) is 15.8. The van der Waals surface area contributed by atoms with Crippen LogP contribution in [-0.2, 0) is 0 Å². The molecule has 64 heavy (non-hydrogen) atoms. The van der Waals surface area contributed by atoms with Gasteiger partial charge >= 0.3 is 0 Å². The molecule has 0 atom stereocenters. The van der Waals surface area contributed by atoms with Crippen LogP contribution in [0.3, 0.4) is 0 Å². The highest BCUT2D eigenvalue weighted by atomic mass is 15.0. The second kappa shape index (κ2) is 17.2. The van der Waals surface area contributed by atoms with E-state index in [1.54, 1.807) is 0 Å². The van der Waals surface area contributed by atoms with Gasteiger partial charge in [-0.15, -0.1) is 0 Å². The third kappa shape index (κ3) is 8.08. The summed E-state index contributed by atoms with van der Waals surface area (Å²) in [6.07, 6.45) is 0. The van der Waals surface area contributed by atoms with E-state index in [9.17, 15) is 0 Å². The average molecular weight is 827 g/mol. The highest BCUT2D eigenvalue weighted by Crippen LogP contribution is 2.41. The molecular weight excluding hydrogens is 785 g/mol. The first kappa shape index (κ1) is 39.8. The molecule has 0 amide bonds. The molecule has 8 heteroatoms. The summed E-state index contributed by atoms with van der Waals surface area (Å²) in [5, 5.41) is 0. The largest absolute Gasteiger partial charge is 0.239 e. The molecule has 7 aromatic carbocycles. The van der Waals surface area contributed by atoms with Crippen LogP contribution in [0.15, 0.2) is 182 Å². The van der Waals surface area contributed by atoms with E-state index < -0.39 is 0 Å². The lowest BCUT2D eigenvalue weighted by Gasteiger charge is -2.17. The van der Waals surface area contributed by atoms with Crippen molar-refractivity contribution in [2.45, 2.75) is 27.7 Å². The molecule has 0 bridgehead atoms. The zero-order valence-electron chi connectivity index (χ0n) is 35.9. The fourth-order valence-corrected chi connectivity index (χ4v) is 8.10. The van der Waals surface area contributed by atoms with E-state index in [4.69, 9.17) is 34.9 Å². The molecule has 306 valence electrons. The summed E-state index contributed by atoms with van der Waals surface area (Å²) in [7, 11) is 0. The number of hydrogen-bond donors (Lipinski definition) is 0. The number of aryl methyl sites for hydroxylation is 4. The van der Waals surface area contributed by atoms with Gasteiger partial charge in [0.15, 0.2) is 34.9 Å². The molecule has 0 saturated carbocycles. The van der Waals surface area contributed by atoms with Crippen molar-refractivity contribution < 1.29 is 0 Å².